The van der Waals surface area contributed by atoms with Gasteiger partial charge in [0.1, 0.15) is 5.82 Å². The van der Waals surface area contributed by atoms with E-state index >= 15 is 0 Å². The van der Waals surface area contributed by atoms with Crippen LogP contribution in [-0.2, 0) is 9.59 Å². The molecule has 1 fully saturated rings. The SMILES string of the molecule is Cc1cccc(NC(=O)C[NH+](C)CC(=O)N2CCN(c3ccccc3F)CC2)c1C. The third kappa shape index (κ3) is 5.36. The van der Waals surface area contributed by atoms with Crippen LogP contribution in [0.3, 0.4) is 0 Å². The number of hydrogen-bond acceptors (Lipinski definition) is 3. The Balaban J connectivity index is 1.46. The van der Waals surface area contributed by atoms with Gasteiger partial charge in [-0.15, -0.1) is 0 Å². The van der Waals surface area contributed by atoms with E-state index in [9.17, 15) is 14.0 Å². The second-order valence-electron chi connectivity index (χ2n) is 7.93. The van der Waals surface area contributed by atoms with Gasteiger partial charge in [0.05, 0.1) is 12.7 Å². The molecule has 0 aromatic heterocycles. The molecule has 0 spiro atoms. The highest BCUT2D eigenvalue weighted by atomic mass is 19.1. The number of carbonyl (C=O) groups excluding carboxylic acids is 2. The molecule has 2 aromatic rings. The summed E-state index contributed by atoms with van der Waals surface area (Å²) < 4.78 is 14.0. The average Bonchev–Trinajstić information content (AvgIpc) is 2.72. The quantitative estimate of drug-likeness (QED) is 0.749. The highest BCUT2D eigenvalue weighted by Gasteiger charge is 2.25. The molecule has 0 bridgehead atoms. The second kappa shape index (κ2) is 9.71. The molecule has 160 valence electrons. The largest absolute Gasteiger partial charge is 0.366 e. The minimum absolute atomic E-state index is 0.0141. The van der Waals surface area contributed by atoms with Crippen molar-refractivity contribution in [1.82, 2.24) is 4.90 Å². The molecule has 1 saturated heterocycles. The van der Waals surface area contributed by atoms with Crippen LogP contribution in [0.2, 0.25) is 0 Å². The molecule has 1 unspecified atom stereocenters. The van der Waals surface area contributed by atoms with E-state index in [1.165, 1.54) is 6.07 Å². The van der Waals surface area contributed by atoms with Crippen LogP contribution in [0.4, 0.5) is 15.8 Å². The van der Waals surface area contributed by atoms with E-state index in [-0.39, 0.29) is 30.7 Å². The van der Waals surface area contributed by atoms with Gasteiger partial charge in [-0.1, -0.05) is 24.3 Å². The molecule has 2 N–H and O–H groups in total. The van der Waals surface area contributed by atoms with Gasteiger partial charge in [-0.2, -0.15) is 0 Å². The van der Waals surface area contributed by atoms with E-state index in [0.717, 1.165) is 21.7 Å². The molecule has 7 heteroatoms. The van der Waals surface area contributed by atoms with Crippen molar-refractivity contribution in [3.63, 3.8) is 0 Å². The molecule has 1 aliphatic heterocycles. The average molecular weight is 414 g/mol. The van der Waals surface area contributed by atoms with Gasteiger partial charge in [0, 0.05) is 31.9 Å². The summed E-state index contributed by atoms with van der Waals surface area (Å²) in [6.45, 7) is 6.75. The molecule has 1 aliphatic rings. The van der Waals surface area contributed by atoms with E-state index in [1.807, 2.05) is 50.1 Å². The number of hydrogen-bond donors (Lipinski definition) is 2. The second-order valence-corrected chi connectivity index (χ2v) is 7.93. The van der Waals surface area contributed by atoms with Crippen molar-refractivity contribution in [3.05, 3.63) is 59.4 Å². The van der Waals surface area contributed by atoms with E-state index in [1.54, 1.807) is 17.0 Å². The number of amides is 2. The van der Waals surface area contributed by atoms with Gasteiger partial charge in [0.2, 0.25) is 0 Å². The Hall–Kier alpha value is -2.93. The number of likely N-dealkylation sites (N-methyl/N-ethyl adjacent to an activating group) is 1. The first-order chi connectivity index (χ1) is 14.3. The molecule has 0 saturated carbocycles. The van der Waals surface area contributed by atoms with Crippen LogP contribution < -0.4 is 15.1 Å². The van der Waals surface area contributed by atoms with Gasteiger partial charge >= 0.3 is 0 Å². The Kier molecular flexibility index (Phi) is 7.05. The molecule has 0 aliphatic carbocycles. The predicted molar refractivity (Wildman–Crippen MR) is 116 cm³/mol. The number of para-hydroxylation sites is 1. The highest BCUT2D eigenvalue weighted by Crippen LogP contribution is 2.20. The fraction of sp³-hybridized carbons (Fsp3) is 0.391. The fourth-order valence-electron chi connectivity index (χ4n) is 3.69. The lowest BCUT2D eigenvalue weighted by atomic mass is 10.1. The standard InChI is InChI=1S/C23H29FN4O2/c1-17-7-6-9-20(18(17)2)25-22(29)15-26(3)16-23(30)28-13-11-27(12-14-28)21-10-5-4-8-19(21)24/h4-10H,11-16H2,1-3H3,(H,25,29)/p+1. The number of halogens is 1. The van der Waals surface area contributed by atoms with Crippen molar-refractivity contribution in [2.75, 3.05) is 56.5 Å². The van der Waals surface area contributed by atoms with Crippen LogP contribution in [0.1, 0.15) is 11.1 Å². The Labute approximate surface area is 177 Å². The summed E-state index contributed by atoms with van der Waals surface area (Å²) in [5.74, 6) is -0.338. The number of benzene rings is 2. The van der Waals surface area contributed by atoms with Crippen molar-refractivity contribution >= 4 is 23.2 Å². The first-order valence-corrected chi connectivity index (χ1v) is 10.3. The first-order valence-electron chi connectivity index (χ1n) is 10.3. The Morgan fingerprint density at radius 3 is 2.40 bits per heavy atom. The van der Waals surface area contributed by atoms with E-state index < -0.39 is 0 Å². The number of rotatable bonds is 6. The van der Waals surface area contributed by atoms with Crippen LogP contribution in [0.25, 0.3) is 0 Å². The molecule has 30 heavy (non-hydrogen) atoms. The number of nitrogens with zero attached hydrogens (tertiary/aromatic N) is 2. The Bertz CT molecular complexity index is 910. The van der Waals surface area contributed by atoms with E-state index in [0.29, 0.717) is 31.9 Å². The maximum Gasteiger partial charge on any atom is 0.279 e. The van der Waals surface area contributed by atoms with Gasteiger partial charge in [-0.3, -0.25) is 9.59 Å². The van der Waals surface area contributed by atoms with Gasteiger partial charge in [0.15, 0.2) is 13.1 Å². The van der Waals surface area contributed by atoms with Crippen LogP contribution in [0, 0.1) is 19.7 Å². The zero-order valence-electron chi connectivity index (χ0n) is 17.9. The monoisotopic (exact) mass is 413 g/mol. The topological polar surface area (TPSA) is 57.1 Å². The normalized spacial score (nSPS) is 15.1. The summed E-state index contributed by atoms with van der Waals surface area (Å²) in [5.41, 5.74) is 3.56. The first kappa shape index (κ1) is 21.8. The molecule has 1 heterocycles. The lowest BCUT2D eigenvalue weighted by molar-refractivity contribution is -0.862. The van der Waals surface area contributed by atoms with Crippen LogP contribution in [-0.4, -0.2) is 63.0 Å². The van der Waals surface area contributed by atoms with Gasteiger partial charge in [0.25, 0.3) is 11.8 Å². The minimum atomic E-state index is -0.240. The molecule has 6 nitrogen and oxygen atoms in total. The zero-order valence-corrected chi connectivity index (χ0v) is 17.9. The number of anilines is 2. The summed E-state index contributed by atoms with van der Waals surface area (Å²) in [6.07, 6.45) is 0. The summed E-state index contributed by atoms with van der Waals surface area (Å²) >= 11 is 0. The third-order valence-corrected chi connectivity index (χ3v) is 5.62. The van der Waals surface area contributed by atoms with Gasteiger partial charge < -0.3 is 20.0 Å². The molecule has 0 radical (unpaired) electrons. The molecular weight excluding hydrogens is 383 g/mol. The smallest absolute Gasteiger partial charge is 0.279 e. The maximum atomic E-state index is 14.0. The number of piperazine rings is 1. The molecule has 2 amide bonds. The number of quaternary nitrogens is 1. The van der Waals surface area contributed by atoms with Crippen LogP contribution >= 0.6 is 0 Å². The number of aryl methyl sites for hydroxylation is 1. The fourth-order valence-corrected chi connectivity index (χ4v) is 3.69. The van der Waals surface area contributed by atoms with E-state index in [2.05, 4.69) is 5.32 Å². The number of nitrogens with one attached hydrogen (secondary N) is 2. The Morgan fingerprint density at radius 2 is 1.70 bits per heavy atom. The summed E-state index contributed by atoms with van der Waals surface area (Å²) in [5, 5.41) is 2.94. The number of carbonyl (C=O) groups is 2. The van der Waals surface area contributed by atoms with Crippen LogP contribution in [0.15, 0.2) is 42.5 Å². The molecule has 1 atom stereocenters. The molecular formula is C23H30FN4O2+. The Morgan fingerprint density at radius 1 is 1.00 bits per heavy atom. The summed E-state index contributed by atoms with van der Waals surface area (Å²) in [6, 6.07) is 12.5. The van der Waals surface area contributed by atoms with Crippen molar-refractivity contribution < 1.29 is 18.9 Å². The molecule has 3 rings (SSSR count). The minimum Gasteiger partial charge on any atom is -0.366 e. The van der Waals surface area contributed by atoms with Crippen molar-refractivity contribution in [3.8, 4) is 0 Å². The maximum absolute atomic E-state index is 14.0. The highest BCUT2D eigenvalue weighted by molar-refractivity contribution is 5.92. The summed E-state index contributed by atoms with van der Waals surface area (Å²) in [4.78, 5) is 29.6. The van der Waals surface area contributed by atoms with E-state index in [4.69, 9.17) is 0 Å². The summed E-state index contributed by atoms with van der Waals surface area (Å²) in [7, 11) is 1.84. The van der Waals surface area contributed by atoms with Crippen molar-refractivity contribution in [1.29, 1.82) is 0 Å². The van der Waals surface area contributed by atoms with Crippen molar-refractivity contribution in [2.24, 2.45) is 0 Å². The van der Waals surface area contributed by atoms with Crippen molar-refractivity contribution in [2.45, 2.75) is 13.8 Å². The predicted octanol–water partition coefficient (Wildman–Crippen LogP) is 1.24. The lowest BCUT2D eigenvalue weighted by Gasteiger charge is -2.36. The van der Waals surface area contributed by atoms with Gasteiger partial charge in [-0.05, 0) is 43.2 Å². The zero-order chi connectivity index (χ0) is 21.7. The third-order valence-electron chi connectivity index (χ3n) is 5.62. The van der Waals surface area contributed by atoms with Gasteiger partial charge in [-0.25, -0.2) is 4.39 Å². The molecule has 2 aromatic carbocycles. The lowest BCUT2D eigenvalue weighted by Crippen LogP contribution is -3.11. The van der Waals surface area contributed by atoms with Crippen LogP contribution in [0.5, 0.6) is 0 Å².